The van der Waals surface area contributed by atoms with Crippen LogP contribution < -0.4 is 10.2 Å². The Morgan fingerprint density at radius 2 is 2.35 bits per heavy atom. The molecule has 1 aromatic rings. The SMILES string of the molecule is CCNc1ncnc(N2CCCC(C)C2)c1Br. The van der Waals surface area contributed by atoms with Gasteiger partial charge >= 0.3 is 0 Å². The summed E-state index contributed by atoms with van der Waals surface area (Å²) < 4.78 is 0.982. The van der Waals surface area contributed by atoms with Crippen molar-refractivity contribution in [2.45, 2.75) is 26.7 Å². The fourth-order valence-corrected chi connectivity index (χ4v) is 2.85. The molecule has 1 fully saturated rings. The first-order valence-electron chi connectivity index (χ1n) is 6.21. The van der Waals surface area contributed by atoms with Crippen LogP contribution in [0.1, 0.15) is 26.7 Å². The predicted molar refractivity (Wildman–Crippen MR) is 74.5 cm³/mol. The number of halogens is 1. The van der Waals surface area contributed by atoms with Gasteiger partial charge in [0, 0.05) is 19.6 Å². The fourth-order valence-electron chi connectivity index (χ4n) is 2.25. The normalized spacial score (nSPS) is 20.4. The minimum atomic E-state index is 0.744. The molecule has 0 radical (unpaired) electrons. The molecule has 1 N–H and O–H groups in total. The van der Waals surface area contributed by atoms with Gasteiger partial charge in [-0.25, -0.2) is 9.97 Å². The van der Waals surface area contributed by atoms with Crippen LogP contribution in [0.25, 0.3) is 0 Å². The molecule has 0 bridgehead atoms. The highest BCUT2D eigenvalue weighted by Crippen LogP contribution is 2.31. The van der Waals surface area contributed by atoms with E-state index in [1.54, 1.807) is 6.33 Å². The summed E-state index contributed by atoms with van der Waals surface area (Å²) in [6, 6.07) is 0. The molecule has 94 valence electrons. The van der Waals surface area contributed by atoms with Crippen LogP contribution in [0.2, 0.25) is 0 Å². The summed E-state index contributed by atoms with van der Waals surface area (Å²) in [5.74, 6) is 2.64. The quantitative estimate of drug-likeness (QED) is 0.932. The van der Waals surface area contributed by atoms with E-state index in [1.165, 1.54) is 12.8 Å². The van der Waals surface area contributed by atoms with Gasteiger partial charge in [0.1, 0.15) is 22.4 Å². The lowest BCUT2D eigenvalue weighted by molar-refractivity contribution is 0.444. The van der Waals surface area contributed by atoms with E-state index in [-0.39, 0.29) is 0 Å². The molecule has 2 heterocycles. The summed E-state index contributed by atoms with van der Waals surface area (Å²) in [6.07, 6.45) is 4.20. The maximum absolute atomic E-state index is 4.41. The second kappa shape index (κ2) is 5.67. The van der Waals surface area contributed by atoms with E-state index in [4.69, 9.17) is 0 Å². The van der Waals surface area contributed by atoms with Crippen molar-refractivity contribution in [2.24, 2.45) is 5.92 Å². The van der Waals surface area contributed by atoms with Gasteiger partial charge in [-0.1, -0.05) is 6.92 Å². The molecule has 5 heteroatoms. The maximum Gasteiger partial charge on any atom is 0.148 e. The van der Waals surface area contributed by atoms with E-state index in [0.717, 1.165) is 41.7 Å². The van der Waals surface area contributed by atoms with Gasteiger partial charge in [-0.3, -0.25) is 0 Å². The third-order valence-electron chi connectivity index (χ3n) is 3.07. The smallest absolute Gasteiger partial charge is 0.148 e. The van der Waals surface area contributed by atoms with Crippen LogP contribution >= 0.6 is 15.9 Å². The topological polar surface area (TPSA) is 41.1 Å². The molecular formula is C12H19BrN4. The van der Waals surface area contributed by atoms with E-state index >= 15 is 0 Å². The molecule has 17 heavy (non-hydrogen) atoms. The average molecular weight is 299 g/mol. The Hall–Kier alpha value is -0.840. The van der Waals surface area contributed by atoms with Crippen molar-refractivity contribution in [1.82, 2.24) is 9.97 Å². The Balaban J connectivity index is 2.22. The first-order valence-corrected chi connectivity index (χ1v) is 7.01. The number of piperidine rings is 1. The van der Waals surface area contributed by atoms with Gasteiger partial charge < -0.3 is 10.2 Å². The fraction of sp³-hybridized carbons (Fsp3) is 0.667. The van der Waals surface area contributed by atoms with E-state index < -0.39 is 0 Å². The van der Waals surface area contributed by atoms with Crippen molar-refractivity contribution in [3.8, 4) is 0 Å². The molecule has 1 saturated heterocycles. The number of aromatic nitrogens is 2. The lowest BCUT2D eigenvalue weighted by atomic mass is 10.0. The monoisotopic (exact) mass is 298 g/mol. The van der Waals surface area contributed by atoms with Gasteiger partial charge in [0.15, 0.2) is 0 Å². The highest BCUT2D eigenvalue weighted by atomic mass is 79.9. The highest BCUT2D eigenvalue weighted by Gasteiger charge is 2.20. The molecule has 0 amide bonds. The van der Waals surface area contributed by atoms with Crippen molar-refractivity contribution in [3.05, 3.63) is 10.8 Å². The maximum atomic E-state index is 4.41. The van der Waals surface area contributed by atoms with Crippen LogP contribution in [0.4, 0.5) is 11.6 Å². The van der Waals surface area contributed by atoms with Gasteiger partial charge in [0.25, 0.3) is 0 Å². The molecule has 1 aliphatic heterocycles. The van der Waals surface area contributed by atoms with Gasteiger partial charge in [-0.15, -0.1) is 0 Å². The van der Waals surface area contributed by atoms with Crippen molar-refractivity contribution >= 4 is 27.6 Å². The number of anilines is 2. The minimum Gasteiger partial charge on any atom is -0.369 e. The Bertz CT molecular complexity index is 383. The third-order valence-corrected chi connectivity index (χ3v) is 3.80. The van der Waals surface area contributed by atoms with Crippen molar-refractivity contribution in [2.75, 3.05) is 29.9 Å². The minimum absolute atomic E-state index is 0.744. The van der Waals surface area contributed by atoms with Crippen molar-refractivity contribution in [3.63, 3.8) is 0 Å². The molecule has 1 unspecified atom stereocenters. The molecule has 1 aliphatic rings. The molecular weight excluding hydrogens is 280 g/mol. The van der Waals surface area contributed by atoms with Crippen LogP contribution in [0.15, 0.2) is 10.8 Å². The molecule has 0 saturated carbocycles. The average Bonchev–Trinajstić information content (AvgIpc) is 2.32. The summed E-state index contributed by atoms with van der Waals surface area (Å²) in [7, 11) is 0. The number of nitrogens with one attached hydrogen (secondary N) is 1. The van der Waals surface area contributed by atoms with E-state index in [9.17, 15) is 0 Å². The van der Waals surface area contributed by atoms with Crippen LogP contribution in [-0.2, 0) is 0 Å². The first-order chi connectivity index (χ1) is 8.22. The van der Waals surface area contributed by atoms with E-state index in [2.05, 4.69) is 50.0 Å². The summed E-state index contributed by atoms with van der Waals surface area (Å²) in [5, 5.41) is 3.24. The molecule has 0 aromatic carbocycles. The predicted octanol–water partition coefficient (Wildman–Crippen LogP) is 2.91. The molecule has 0 spiro atoms. The second-order valence-electron chi connectivity index (χ2n) is 4.58. The lowest BCUT2D eigenvalue weighted by Crippen LogP contribution is -2.35. The van der Waals surface area contributed by atoms with Gasteiger partial charge in [-0.2, -0.15) is 0 Å². The van der Waals surface area contributed by atoms with Crippen LogP contribution in [0.5, 0.6) is 0 Å². The Morgan fingerprint density at radius 1 is 1.53 bits per heavy atom. The van der Waals surface area contributed by atoms with Gasteiger partial charge in [0.05, 0.1) is 0 Å². The summed E-state index contributed by atoms with van der Waals surface area (Å²) in [5.41, 5.74) is 0. The Morgan fingerprint density at radius 3 is 3.06 bits per heavy atom. The molecule has 0 aliphatic carbocycles. The zero-order chi connectivity index (χ0) is 12.3. The molecule has 1 aromatic heterocycles. The standard InChI is InChI=1S/C12H19BrN4/c1-3-14-11-10(13)12(16-8-15-11)17-6-4-5-9(2)7-17/h8-9H,3-7H2,1-2H3,(H,14,15,16). The largest absolute Gasteiger partial charge is 0.369 e. The highest BCUT2D eigenvalue weighted by molar-refractivity contribution is 9.10. The number of rotatable bonds is 3. The van der Waals surface area contributed by atoms with Crippen LogP contribution in [-0.4, -0.2) is 29.6 Å². The Labute approximate surface area is 111 Å². The molecule has 2 rings (SSSR count). The zero-order valence-electron chi connectivity index (χ0n) is 10.4. The van der Waals surface area contributed by atoms with Crippen molar-refractivity contribution < 1.29 is 0 Å². The van der Waals surface area contributed by atoms with Crippen molar-refractivity contribution in [1.29, 1.82) is 0 Å². The van der Waals surface area contributed by atoms with E-state index in [1.807, 2.05) is 0 Å². The molecule has 4 nitrogen and oxygen atoms in total. The lowest BCUT2D eigenvalue weighted by Gasteiger charge is -2.32. The van der Waals surface area contributed by atoms with Crippen LogP contribution in [0, 0.1) is 5.92 Å². The number of hydrogen-bond donors (Lipinski definition) is 1. The number of nitrogens with zero attached hydrogens (tertiary/aromatic N) is 3. The summed E-state index contributed by atoms with van der Waals surface area (Å²) in [4.78, 5) is 11.0. The summed E-state index contributed by atoms with van der Waals surface area (Å²) >= 11 is 3.61. The first kappa shape index (κ1) is 12.6. The summed E-state index contributed by atoms with van der Waals surface area (Å²) in [6.45, 7) is 7.40. The van der Waals surface area contributed by atoms with Crippen LogP contribution in [0.3, 0.4) is 0 Å². The zero-order valence-corrected chi connectivity index (χ0v) is 12.0. The van der Waals surface area contributed by atoms with Gasteiger partial charge in [0.2, 0.25) is 0 Å². The second-order valence-corrected chi connectivity index (χ2v) is 5.38. The Kier molecular flexibility index (Phi) is 4.20. The van der Waals surface area contributed by atoms with E-state index in [0.29, 0.717) is 0 Å². The third kappa shape index (κ3) is 2.89. The number of hydrogen-bond acceptors (Lipinski definition) is 4. The van der Waals surface area contributed by atoms with Gasteiger partial charge in [-0.05, 0) is 41.6 Å². The molecule has 1 atom stereocenters.